The summed E-state index contributed by atoms with van der Waals surface area (Å²) in [6.45, 7) is 8.16. The van der Waals surface area contributed by atoms with Crippen molar-refractivity contribution in [3.05, 3.63) is 60.6 Å². The lowest BCUT2D eigenvalue weighted by Crippen LogP contribution is -2.35. The van der Waals surface area contributed by atoms with Crippen molar-refractivity contribution in [3.8, 4) is 11.5 Å². The molecule has 0 N–H and O–H groups in total. The Morgan fingerprint density at radius 2 is 2.04 bits per heavy atom. The molecule has 0 atom stereocenters. The van der Waals surface area contributed by atoms with Crippen molar-refractivity contribution in [2.45, 2.75) is 13.0 Å². The predicted molar refractivity (Wildman–Crippen MR) is 103 cm³/mol. The van der Waals surface area contributed by atoms with Crippen LogP contribution in [0.1, 0.15) is 22.7 Å². The largest absolute Gasteiger partial charge is 0.497 e. The molecule has 1 saturated heterocycles. The molecule has 1 amide bonds. The number of hydrogen-bond acceptors (Lipinski definition) is 5. The standard InChI is InChI=1S/C21H26N2O4/c1-3-10-22-11-5-12-23(14-13-22)21(24)20-9-8-19(27-20)16-26-18-7-4-6-17(15-18)25-2/h3-4,6-9,15H,1,5,10-14,16H2,2H3. The maximum absolute atomic E-state index is 12.7. The Bertz CT molecular complexity index is 771. The van der Waals surface area contributed by atoms with E-state index in [-0.39, 0.29) is 12.5 Å². The molecule has 1 aliphatic heterocycles. The van der Waals surface area contributed by atoms with Gasteiger partial charge in [-0.05, 0) is 30.7 Å². The normalized spacial score (nSPS) is 15.2. The van der Waals surface area contributed by atoms with Crippen LogP contribution in [0.25, 0.3) is 0 Å². The molecule has 2 aromatic rings. The summed E-state index contributed by atoms with van der Waals surface area (Å²) in [6.07, 6.45) is 2.85. The van der Waals surface area contributed by atoms with Crippen molar-refractivity contribution < 1.29 is 18.7 Å². The number of benzene rings is 1. The van der Waals surface area contributed by atoms with Gasteiger partial charge in [0.2, 0.25) is 0 Å². The van der Waals surface area contributed by atoms with E-state index in [2.05, 4.69) is 11.5 Å². The number of carbonyl (C=O) groups excluding carboxylic acids is 1. The van der Waals surface area contributed by atoms with Crippen molar-refractivity contribution in [2.24, 2.45) is 0 Å². The lowest BCUT2D eigenvalue weighted by molar-refractivity contribution is 0.0726. The van der Waals surface area contributed by atoms with Crippen LogP contribution >= 0.6 is 0 Å². The summed E-state index contributed by atoms with van der Waals surface area (Å²) < 4.78 is 16.6. The number of nitrogens with zero attached hydrogens (tertiary/aromatic N) is 2. The number of methoxy groups -OCH3 is 1. The molecular weight excluding hydrogens is 344 g/mol. The minimum atomic E-state index is -0.0666. The zero-order valence-corrected chi connectivity index (χ0v) is 15.7. The van der Waals surface area contributed by atoms with Crippen LogP contribution in [0.3, 0.4) is 0 Å². The van der Waals surface area contributed by atoms with Gasteiger partial charge in [0.25, 0.3) is 5.91 Å². The number of carbonyl (C=O) groups is 1. The van der Waals surface area contributed by atoms with E-state index in [4.69, 9.17) is 13.9 Å². The Kier molecular flexibility index (Phi) is 6.54. The molecule has 1 aromatic carbocycles. The zero-order valence-electron chi connectivity index (χ0n) is 15.7. The number of furan rings is 1. The van der Waals surface area contributed by atoms with Gasteiger partial charge < -0.3 is 18.8 Å². The molecular formula is C21H26N2O4. The fraction of sp³-hybridized carbons (Fsp3) is 0.381. The van der Waals surface area contributed by atoms with E-state index in [1.54, 1.807) is 25.3 Å². The molecule has 6 heteroatoms. The van der Waals surface area contributed by atoms with Crippen LogP contribution in [0.4, 0.5) is 0 Å². The number of amides is 1. The van der Waals surface area contributed by atoms with Gasteiger partial charge in [-0.2, -0.15) is 0 Å². The minimum Gasteiger partial charge on any atom is -0.497 e. The van der Waals surface area contributed by atoms with Crippen molar-refractivity contribution in [3.63, 3.8) is 0 Å². The lowest BCUT2D eigenvalue weighted by atomic mass is 10.3. The molecule has 27 heavy (non-hydrogen) atoms. The fourth-order valence-corrected chi connectivity index (χ4v) is 3.11. The lowest BCUT2D eigenvalue weighted by Gasteiger charge is -2.20. The average molecular weight is 370 g/mol. The quantitative estimate of drug-likeness (QED) is 0.701. The summed E-state index contributed by atoms with van der Waals surface area (Å²) in [5, 5.41) is 0. The van der Waals surface area contributed by atoms with Crippen LogP contribution in [0.5, 0.6) is 11.5 Å². The van der Waals surface area contributed by atoms with Crippen LogP contribution in [0.15, 0.2) is 53.5 Å². The smallest absolute Gasteiger partial charge is 0.289 e. The predicted octanol–water partition coefficient (Wildman–Crippen LogP) is 3.20. The van der Waals surface area contributed by atoms with E-state index in [0.29, 0.717) is 23.8 Å². The molecule has 1 fully saturated rings. The van der Waals surface area contributed by atoms with Gasteiger partial charge in [-0.15, -0.1) is 6.58 Å². The van der Waals surface area contributed by atoms with Gasteiger partial charge in [-0.3, -0.25) is 9.69 Å². The molecule has 0 unspecified atom stereocenters. The summed E-state index contributed by atoms with van der Waals surface area (Å²) in [5.74, 6) is 2.33. The summed E-state index contributed by atoms with van der Waals surface area (Å²) in [5.41, 5.74) is 0. The molecule has 0 saturated carbocycles. The van der Waals surface area contributed by atoms with E-state index in [9.17, 15) is 4.79 Å². The van der Waals surface area contributed by atoms with Gasteiger partial charge in [0.1, 0.15) is 23.9 Å². The highest BCUT2D eigenvalue weighted by atomic mass is 16.5. The van der Waals surface area contributed by atoms with E-state index < -0.39 is 0 Å². The maximum Gasteiger partial charge on any atom is 0.289 e. The molecule has 0 aliphatic carbocycles. The molecule has 0 bridgehead atoms. The third-order valence-electron chi connectivity index (χ3n) is 4.56. The van der Waals surface area contributed by atoms with Crippen LogP contribution in [0, 0.1) is 0 Å². The van der Waals surface area contributed by atoms with Crippen LogP contribution in [0.2, 0.25) is 0 Å². The highest BCUT2D eigenvalue weighted by Crippen LogP contribution is 2.21. The van der Waals surface area contributed by atoms with Gasteiger partial charge in [0.15, 0.2) is 5.76 Å². The van der Waals surface area contributed by atoms with Crippen molar-refractivity contribution >= 4 is 5.91 Å². The summed E-state index contributed by atoms with van der Waals surface area (Å²) in [6, 6.07) is 10.9. The molecule has 0 spiro atoms. The SMILES string of the molecule is C=CCN1CCCN(C(=O)c2ccc(COc3cccc(OC)c3)o2)CC1. The summed E-state index contributed by atoms with van der Waals surface area (Å²) in [4.78, 5) is 16.9. The topological polar surface area (TPSA) is 55.2 Å². The van der Waals surface area contributed by atoms with Gasteiger partial charge >= 0.3 is 0 Å². The third-order valence-corrected chi connectivity index (χ3v) is 4.56. The van der Waals surface area contributed by atoms with Crippen LogP contribution in [-0.2, 0) is 6.61 Å². The van der Waals surface area contributed by atoms with E-state index in [1.165, 1.54) is 0 Å². The van der Waals surface area contributed by atoms with Gasteiger partial charge in [0, 0.05) is 38.8 Å². The minimum absolute atomic E-state index is 0.0666. The fourth-order valence-electron chi connectivity index (χ4n) is 3.11. The summed E-state index contributed by atoms with van der Waals surface area (Å²) in [7, 11) is 1.61. The van der Waals surface area contributed by atoms with Crippen LogP contribution < -0.4 is 9.47 Å². The third kappa shape index (κ3) is 5.14. The Labute approximate surface area is 160 Å². The number of rotatable bonds is 7. The van der Waals surface area contributed by atoms with E-state index in [1.807, 2.05) is 29.2 Å². The Morgan fingerprint density at radius 1 is 1.19 bits per heavy atom. The second-order valence-corrected chi connectivity index (χ2v) is 6.47. The first kappa shape index (κ1) is 19.0. The van der Waals surface area contributed by atoms with Crippen molar-refractivity contribution in [2.75, 3.05) is 39.8 Å². The molecule has 3 rings (SSSR count). The maximum atomic E-state index is 12.7. The van der Waals surface area contributed by atoms with Crippen molar-refractivity contribution in [1.82, 2.24) is 9.80 Å². The second kappa shape index (κ2) is 9.28. The monoisotopic (exact) mass is 370 g/mol. The Hall–Kier alpha value is -2.73. The Balaban J connectivity index is 1.56. The molecule has 1 aromatic heterocycles. The van der Waals surface area contributed by atoms with Crippen molar-refractivity contribution in [1.29, 1.82) is 0 Å². The van der Waals surface area contributed by atoms with Crippen LogP contribution in [-0.4, -0.2) is 55.5 Å². The molecule has 2 heterocycles. The molecule has 144 valence electrons. The van der Waals surface area contributed by atoms with Gasteiger partial charge in [-0.25, -0.2) is 0 Å². The van der Waals surface area contributed by atoms with E-state index >= 15 is 0 Å². The molecule has 0 radical (unpaired) electrons. The van der Waals surface area contributed by atoms with Gasteiger partial charge in [0.05, 0.1) is 7.11 Å². The first-order valence-corrected chi connectivity index (χ1v) is 9.17. The molecule has 1 aliphatic rings. The highest BCUT2D eigenvalue weighted by molar-refractivity contribution is 5.91. The zero-order chi connectivity index (χ0) is 19.1. The van der Waals surface area contributed by atoms with Gasteiger partial charge in [-0.1, -0.05) is 12.1 Å². The first-order chi connectivity index (χ1) is 13.2. The highest BCUT2D eigenvalue weighted by Gasteiger charge is 2.22. The summed E-state index contributed by atoms with van der Waals surface area (Å²) >= 11 is 0. The second-order valence-electron chi connectivity index (χ2n) is 6.47. The molecule has 6 nitrogen and oxygen atoms in total. The number of hydrogen-bond donors (Lipinski definition) is 0. The Morgan fingerprint density at radius 3 is 2.85 bits per heavy atom. The average Bonchev–Trinajstić information content (AvgIpc) is 3.05. The number of ether oxygens (including phenoxy) is 2. The van der Waals surface area contributed by atoms with E-state index in [0.717, 1.165) is 38.3 Å². The first-order valence-electron chi connectivity index (χ1n) is 9.17.